The van der Waals surface area contributed by atoms with Crippen LogP contribution in [0.4, 0.5) is 0 Å². The predicted octanol–water partition coefficient (Wildman–Crippen LogP) is 9.89. The minimum absolute atomic E-state index is 0.154. The zero-order chi connectivity index (χ0) is 43.6. The van der Waals surface area contributed by atoms with Crippen LogP contribution in [0, 0.1) is 0 Å². The van der Waals surface area contributed by atoms with Crippen molar-refractivity contribution in [3.05, 3.63) is 103 Å². The lowest BCUT2D eigenvalue weighted by Crippen LogP contribution is -1.94. The molecule has 9 aromatic carbocycles. The number of hydrogen-bond donors (Lipinski definition) is 13. The molecule has 0 bridgehead atoms. The van der Waals surface area contributed by atoms with E-state index in [1.807, 2.05) is 60.7 Å². The molecule has 10 aromatic rings. The van der Waals surface area contributed by atoms with Crippen molar-refractivity contribution in [2.24, 2.45) is 0 Å². The van der Waals surface area contributed by atoms with Gasteiger partial charge in [-0.15, -0.1) is 0 Å². The minimum Gasteiger partial charge on any atom is -0.504 e. The molecule has 0 amide bonds. The Bertz CT molecular complexity index is 3480. The van der Waals surface area contributed by atoms with E-state index in [4.69, 9.17) is 4.42 Å². The number of phenols is 13. The summed E-state index contributed by atoms with van der Waals surface area (Å²) < 4.78 is 6.26. The number of rotatable bonds is 4. The second-order valence-electron chi connectivity index (χ2n) is 14.8. The molecule has 306 valence electrons. The van der Waals surface area contributed by atoms with Gasteiger partial charge < -0.3 is 70.8 Å². The molecule has 14 heteroatoms. The molecule has 0 saturated carbocycles. The predicted molar refractivity (Wildman–Crippen MR) is 230 cm³/mol. The molecular weight excluding hydrogens is 801 g/mol. The van der Waals surface area contributed by atoms with E-state index in [1.54, 1.807) is 36.4 Å². The molecule has 62 heavy (non-hydrogen) atoms. The van der Waals surface area contributed by atoms with Gasteiger partial charge in [0.2, 0.25) is 17.2 Å². The van der Waals surface area contributed by atoms with Crippen molar-refractivity contribution in [1.82, 2.24) is 0 Å². The summed E-state index contributed by atoms with van der Waals surface area (Å²) in [7, 11) is 0. The second kappa shape index (κ2) is 13.0. The number of aromatic hydroxyl groups is 13. The first-order valence-corrected chi connectivity index (χ1v) is 18.7. The number of benzene rings is 9. The Morgan fingerprint density at radius 1 is 0.242 bits per heavy atom. The summed E-state index contributed by atoms with van der Waals surface area (Å²) in [4.78, 5) is 0. The van der Waals surface area contributed by atoms with Gasteiger partial charge in [-0.2, -0.15) is 0 Å². The van der Waals surface area contributed by atoms with E-state index in [9.17, 15) is 66.4 Å². The number of fused-ring (bicyclic) bond motifs is 6. The third kappa shape index (κ3) is 4.91. The lowest BCUT2D eigenvalue weighted by molar-refractivity contribution is 0.329. The van der Waals surface area contributed by atoms with Crippen LogP contribution < -0.4 is 0 Å². The Morgan fingerprint density at radius 3 is 1.00 bits per heavy atom. The summed E-state index contributed by atoms with van der Waals surface area (Å²) in [6.45, 7) is 0. The van der Waals surface area contributed by atoms with Gasteiger partial charge in [-0.25, -0.2) is 0 Å². The number of hydrogen-bond acceptors (Lipinski definition) is 14. The Morgan fingerprint density at radius 2 is 0.565 bits per heavy atom. The molecule has 0 atom stereocenters. The summed E-state index contributed by atoms with van der Waals surface area (Å²) in [5.41, 5.74) is -1.96. The van der Waals surface area contributed by atoms with Crippen LogP contribution in [0.5, 0.6) is 74.7 Å². The zero-order valence-corrected chi connectivity index (χ0v) is 31.5. The molecule has 0 unspecified atom stereocenters. The van der Waals surface area contributed by atoms with Gasteiger partial charge in [0.25, 0.3) is 0 Å². The average Bonchev–Trinajstić information content (AvgIpc) is 3.64. The summed E-state index contributed by atoms with van der Waals surface area (Å²) in [5.74, 6) is -17.6. The molecule has 0 aliphatic carbocycles. The van der Waals surface area contributed by atoms with Crippen LogP contribution in [0.1, 0.15) is 0 Å². The SMILES string of the molecule is Oc1c(O)c(O)c(-c2c(O)c(O)c(-c3c(O)c(O)c(-c4c5ccccc5c(-c5ccc6oc7cc8ccccc8cc7c6c5)c5ccccc45)c(O)c3O)c(O)c2O)c(O)c1O. The Kier molecular flexibility index (Phi) is 7.80. The standard InChI is InChI=1S/C48H30O14/c49-36-31(37(50)39(52)32(38(36)51)33-40(53)42(55)34(43(56)41(33)54)35-44(57)46(59)48(61)47(60)45(35)58)30-23-11-5-3-9-21(23)29(22-10-4-6-12-24(22)30)20-13-14-27-25(16-20)26-15-18-7-1-2-8-19(18)17-28(26)62-27/h1-17,49-61H. The Balaban J connectivity index is 1.20. The largest absolute Gasteiger partial charge is 0.504 e. The van der Waals surface area contributed by atoms with Crippen LogP contribution in [-0.2, 0) is 0 Å². The fourth-order valence-corrected chi connectivity index (χ4v) is 8.59. The van der Waals surface area contributed by atoms with Gasteiger partial charge in [0, 0.05) is 16.3 Å². The molecule has 0 aliphatic rings. The number of phenolic OH excluding ortho intramolecular Hbond substituents is 13. The minimum atomic E-state index is -1.48. The quantitative estimate of drug-likeness (QED) is 0.0447. The molecule has 0 radical (unpaired) electrons. The monoisotopic (exact) mass is 830 g/mol. The smallest absolute Gasteiger partial charge is 0.208 e. The molecule has 0 saturated heterocycles. The van der Waals surface area contributed by atoms with Crippen molar-refractivity contribution in [1.29, 1.82) is 0 Å². The van der Waals surface area contributed by atoms with E-state index in [-0.39, 0.29) is 5.56 Å². The molecule has 1 heterocycles. The Hall–Kier alpha value is -9.04. The molecule has 10 rings (SSSR count). The van der Waals surface area contributed by atoms with Crippen LogP contribution in [0.25, 0.3) is 98.8 Å². The maximum atomic E-state index is 11.8. The van der Waals surface area contributed by atoms with E-state index < -0.39 is 103 Å². The molecule has 1 aromatic heterocycles. The number of furan rings is 1. The highest BCUT2D eigenvalue weighted by atomic mass is 16.4. The van der Waals surface area contributed by atoms with Gasteiger partial charge in [-0.1, -0.05) is 78.9 Å². The van der Waals surface area contributed by atoms with E-state index >= 15 is 0 Å². The van der Waals surface area contributed by atoms with Crippen molar-refractivity contribution >= 4 is 54.3 Å². The zero-order valence-electron chi connectivity index (χ0n) is 31.5. The van der Waals surface area contributed by atoms with E-state index in [0.29, 0.717) is 27.1 Å². The van der Waals surface area contributed by atoms with Gasteiger partial charge in [-0.3, -0.25) is 0 Å². The van der Waals surface area contributed by atoms with Crippen LogP contribution >= 0.6 is 0 Å². The third-order valence-corrected chi connectivity index (χ3v) is 11.5. The van der Waals surface area contributed by atoms with Crippen molar-refractivity contribution in [2.75, 3.05) is 0 Å². The first kappa shape index (κ1) is 37.2. The maximum Gasteiger partial charge on any atom is 0.208 e. The van der Waals surface area contributed by atoms with Gasteiger partial charge in [0.05, 0.1) is 27.8 Å². The first-order valence-electron chi connectivity index (χ1n) is 18.7. The van der Waals surface area contributed by atoms with E-state index in [1.165, 1.54) is 0 Å². The van der Waals surface area contributed by atoms with E-state index in [2.05, 4.69) is 6.07 Å². The second-order valence-corrected chi connectivity index (χ2v) is 14.8. The molecule has 0 spiro atoms. The van der Waals surface area contributed by atoms with Gasteiger partial charge in [-0.05, 0) is 67.7 Å². The lowest BCUT2D eigenvalue weighted by atomic mass is 9.84. The highest BCUT2D eigenvalue weighted by Crippen LogP contribution is 2.66. The van der Waals surface area contributed by atoms with Crippen LogP contribution in [0.2, 0.25) is 0 Å². The molecule has 0 aliphatic heterocycles. The molecular formula is C48H30O14. The normalized spacial score (nSPS) is 11.7. The third-order valence-electron chi connectivity index (χ3n) is 11.5. The Labute approximate surface area is 346 Å². The van der Waals surface area contributed by atoms with Gasteiger partial charge >= 0.3 is 0 Å². The molecule has 14 nitrogen and oxygen atoms in total. The summed E-state index contributed by atoms with van der Waals surface area (Å²) >= 11 is 0. The topological polar surface area (TPSA) is 276 Å². The van der Waals surface area contributed by atoms with Crippen LogP contribution in [0.15, 0.2) is 108 Å². The molecule has 0 fully saturated rings. The van der Waals surface area contributed by atoms with Crippen molar-refractivity contribution < 1.29 is 70.8 Å². The fraction of sp³-hybridized carbons (Fsp3) is 0. The maximum absolute atomic E-state index is 11.8. The summed E-state index contributed by atoms with van der Waals surface area (Å²) in [6, 6.07) is 32.0. The highest BCUT2D eigenvalue weighted by molar-refractivity contribution is 6.24. The summed E-state index contributed by atoms with van der Waals surface area (Å²) in [6.07, 6.45) is 0. The van der Waals surface area contributed by atoms with Crippen LogP contribution in [-0.4, -0.2) is 66.4 Å². The van der Waals surface area contributed by atoms with Gasteiger partial charge in [0.1, 0.15) is 11.2 Å². The highest BCUT2D eigenvalue weighted by Gasteiger charge is 2.37. The summed E-state index contributed by atoms with van der Waals surface area (Å²) in [5, 5.41) is 148. The average molecular weight is 831 g/mol. The van der Waals surface area contributed by atoms with Gasteiger partial charge in [0.15, 0.2) is 57.5 Å². The van der Waals surface area contributed by atoms with Crippen molar-refractivity contribution in [3.63, 3.8) is 0 Å². The lowest BCUT2D eigenvalue weighted by Gasteiger charge is -2.22. The van der Waals surface area contributed by atoms with Crippen LogP contribution in [0.3, 0.4) is 0 Å². The van der Waals surface area contributed by atoms with Crippen molar-refractivity contribution in [3.8, 4) is 119 Å². The first-order chi connectivity index (χ1) is 29.7. The fourth-order valence-electron chi connectivity index (χ4n) is 8.59. The molecule has 13 N–H and O–H groups in total. The van der Waals surface area contributed by atoms with Crippen molar-refractivity contribution in [2.45, 2.75) is 0 Å². The van der Waals surface area contributed by atoms with E-state index in [0.717, 1.165) is 38.3 Å².